The number of nitrogens with one attached hydrogen (secondary N) is 1. The van der Waals surface area contributed by atoms with Gasteiger partial charge >= 0.3 is 5.97 Å². The van der Waals surface area contributed by atoms with Gasteiger partial charge in [0.1, 0.15) is 13.2 Å². The molecule has 0 saturated carbocycles. The maximum Gasteiger partial charge on any atom is 0.329 e. The van der Waals surface area contributed by atoms with Crippen LogP contribution in [0.25, 0.3) is 0 Å². The molecule has 0 fully saturated rings. The first-order chi connectivity index (χ1) is 7.66. The fraction of sp³-hybridized carbons (Fsp3) is 0.778. The average molecular weight is 235 g/mol. The fourth-order valence-corrected chi connectivity index (χ4v) is 0.851. The van der Waals surface area contributed by atoms with Gasteiger partial charge in [-0.2, -0.15) is 0 Å². The highest BCUT2D eigenvalue weighted by atomic mass is 16.5. The normalized spacial score (nSPS) is 10.1. The molecule has 0 aromatic rings. The summed E-state index contributed by atoms with van der Waals surface area (Å²) in [6.07, 6.45) is 0.630. The molecule has 3 N–H and O–H groups in total. The molecule has 7 nitrogen and oxygen atoms in total. The van der Waals surface area contributed by atoms with Crippen LogP contribution in [-0.4, -0.2) is 61.7 Å². The monoisotopic (exact) mass is 235 g/mol. The smallest absolute Gasteiger partial charge is 0.329 e. The first-order valence-electron chi connectivity index (χ1n) is 4.91. The Hall–Kier alpha value is -1.18. The van der Waals surface area contributed by atoms with E-state index < -0.39 is 12.6 Å². The zero-order chi connectivity index (χ0) is 12.2. The second kappa shape index (κ2) is 10.3. The highest BCUT2D eigenvalue weighted by Gasteiger charge is 2.02. The quantitative estimate of drug-likeness (QED) is 0.402. The molecule has 0 radical (unpaired) electrons. The van der Waals surface area contributed by atoms with E-state index in [1.807, 2.05) is 0 Å². The van der Waals surface area contributed by atoms with Crippen molar-refractivity contribution in [2.45, 2.75) is 6.42 Å². The van der Waals surface area contributed by atoms with Crippen LogP contribution in [0.2, 0.25) is 0 Å². The second-order valence-electron chi connectivity index (χ2n) is 2.93. The maximum atomic E-state index is 11.0. The van der Waals surface area contributed by atoms with E-state index in [0.29, 0.717) is 19.6 Å². The molecular formula is C9H17NO6. The molecule has 94 valence electrons. The van der Waals surface area contributed by atoms with Crippen molar-refractivity contribution in [3.05, 3.63) is 0 Å². The summed E-state index contributed by atoms with van der Waals surface area (Å²) in [6.45, 7) is 0.416. The van der Waals surface area contributed by atoms with Crippen LogP contribution >= 0.6 is 0 Å². The first-order valence-corrected chi connectivity index (χ1v) is 4.91. The molecule has 0 aliphatic rings. The highest BCUT2D eigenvalue weighted by molar-refractivity contribution is 5.77. The van der Waals surface area contributed by atoms with E-state index >= 15 is 0 Å². The van der Waals surface area contributed by atoms with E-state index in [1.165, 1.54) is 0 Å². The van der Waals surface area contributed by atoms with Gasteiger partial charge in [-0.3, -0.25) is 4.79 Å². The summed E-state index contributed by atoms with van der Waals surface area (Å²) in [7, 11) is 0. The zero-order valence-corrected chi connectivity index (χ0v) is 8.98. The molecule has 0 aromatic carbocycles. The molecule has 0 saturated heterocycles. The molecule has 0 unspecified atom stereocenters. The highest BCUT2D eigenvalue weighted by Crippen LogP contribution is 1.81. The van der Waals surface area contributed by atoms with Gasteiger partial charge in [-0.05, 0) is 6.42 Å². The summed E-state index contributed by atoms with van der Waals surface area (Å²) in [5, 5.41) is 19.2. The standard InChI is InChI=1S/C9H17NO6/c11-3-5-15-4-1-2-10-8(12)6-16-7-9(13)14/h11H,1-7H2,(H,10,12)(H,13,14). The van der Waals surface area contributed by atoms with Gasteiger partial charge in [0.25, 0.3) is 0 Å². The summed E-state index contributed by atoms with van der Waals surface area (Å²) < 4.78 is 9.54. The Kier molecular flexibility index (Phi) is 9.58. The lowest BCUT2D eigenvalue weighted by molar-refractivity contribution is -0.143. The van der Waals surface area contributed by atoms with Crippen LogP contribution in [0.5, 0.6) is 0 Å². The van der Waals surface area contributed by atoms with Crippen molar-refractivity contribution >= 4 is 11.9 Å². The van der Waals surface area contributed by atoms with E-state index in [1.54, 1.807) is 0 Å². The summed E-state index contributed by atoms with van der Waals surface area (Å²) in [6, 6.07) is 0. The first kappa shape index (κ1) is 14.8. The zero-order valence-electron chi connectivity index (χ0n) is 8.98. The van der Waals surface area contributed by atoms with Crippen LogP contribution in [0.3, 0.4) is 0 Å². The minimum absolute atomic E-state index is 0.0185. The number of amides is 1. The van der Waals surface area contributed by atoms with Crippen LogP contribution in [0, 0.1) is 0 Å². The van der Waals surface area contributed by atoms with Gasteiger partial charge in [0, 0.05) is 13.2 Å². The van der Waals surface area contributed by atoms with Gasteiger partial charge in [0.15, 0.2) is 0 Å². The molecule has 7 heteroatoms. The SMILES string of the molecule is O=C(O)COCC(=O)NCCCOCCO. The number of aliphatic hydroxyl groups excluding tert-OH is 1. The third kappa shape index (κ3) is 10.9. The Morgan fingerprint density at radius 3 is 2.50 bits per heavy atom. The van der Waals surface area contributed by atoms with E-state index in [-0.39, 0.29) is 25.7 Å². The maximum absolute atomic E-state index is 11.0. The number of carbonyl (C=O) groups is 2. The van der Waals surface area contributed by atoms with Gasteiger partial charge in [-0.1, -0.05) is 0 Å². The predicted molar refractivity (Wildman–Crippen MR) is 54.0 cm³/mol. The third-order valence-electron chi connectivity index (χ3n) is 1.48. The van der Waals surface area contributed by atoms with Crippen LogP contribution in [0.15, 0.2) is 0 Å². The van der Waals surface area contributed by atoms with Gasteiger partial charge in [-0.25, -0.2) is 4.79 Å². The van der Waals surface area contributed by atoms with Crippen LogP contribution < -0.4 is 5.32 Å². The minimum Gasteiger partial charge on any atom is -0.480 e. The lowest BCUT2D eigenvalue weighted by Gasteiger charge is -2.05. The van der Waals surface area contributed by atoms with Crippen LogP contribution in [-0.2, 0) is 19.1 Å². The van der Waals surface area contributed by atoms with Crippen molar-refractivity contribution in [1.82, 2.24) is 5.32 Å². The molecule has 0 aromatic heterocycles. The van der Waals surface area contributed by atoms with Crippen molar-refractivity contribution in [3.8, 4) is 0 Å². The molecule has 0 spiro atoms. The fourth-order valence-electron chi connectivity index (χ4n) is 0.851. The van der Waals surface area contributed by atoms with Crippen LogP contribution in [0.4, 0.5) is 0 Å². The molecule has 0 aliphatic carbocycles. The Labute approximate surface area is 93.3 Å². The number of aliphatic carboxylic acids is 1. The number of carbonyl (C=O) groups excluding carboxylic acids is 1. The van der Waals surface area contributed by atoms with Gasteiger partial charge in [-0.15, -0.1) is 0 Å². The van der Waals surface area contributed by atoms with Crippen LogP contribution in [0.1, 0.15) is 6.42 Å². The number of hydrogen-bond donors (Lipinski definition) is 3. The predicted octanol–water partition coefficient (Wildman–Crippen LogP) is -1.40. The van der Waals surface area contributed by atoms with E-state index in [9.17, 15) is 9.59 Å². The lowest BCUT2D eigenvalue weighted by Crippen LogP contribution is -2.30. The molecule has 0 aliphatic heterocycles. The number of carboxylic acids is 1. The summed E-state index contributed by atoms with van der Waals surface area (Å²) in [4.78, 5) is 21.1. The Balaban J connectivity index is 3.20. The molecule has 0 bridgehead atoms. The van der Waals surface area contributed by atoms with E-state index in [2.05, 4.69) is 10.1 Å². The Morgan fingerprint density at radius 2 is 1.88 bits per heavy atom. The summed E-state index contributed by atoms with van der Waals surface area (Å²) in [5.41, 5.74) is 0. The van der Waals surface area contributed by atoms with E-state index in [4.69, 9.17) is 14.9 Å². The van der Waals surface area contributed by atoms with Crippen molar-refractivity contribution in [1.29, 1.82) is 0 Å². The number of aliphatic hydroxyl groups is 1. The average Bonchev–Trinajstić information content (AvgIpc) is 2.22. The third-order valence-corrected chi connectivity index (χ3v) is 1.48. The second-order valence-corrected chi connectivity index (χ2v) is 2.93. The van der Waals surface area contributed by atoms with Crippen molar-refractivity contribution in [3.63, 3.8) is 0 Å². The topological polar surface area (TPSA) is 105 Å². The molecule has 1 amide bonds. The number of rotatable bonds is 10. The van der Waals surface area contributed by atoms with Gasteiger partial charge in [0.05, 0.1) is 13.2 Å². The molecule has 16 heavy (non-hydrogen) atoms. The lowest BCUT2D eigenvalue weighted by atomic mass is 10.4. The van der Waals surface area contributed by atoms with Crippen molar-refractivity contribution < 1.29 is 29.3 Å². The van der Waals surface area contributed by atoms with Gasteiger partial charge in [0.2, 0.25) is 5.91 Å². The molecule has 0 heterocycles. The number of ether oxygens (including phenoxy) is 2. The Bertz CT molecular complexity index is 208. The largest absolute Gasteiger partial charge is 0.480 e. The van der Waals surface area contributed by atoms with Crippen molar-refractivity contribution in [2.24, 2.45) is 0 Å². The number of hydrogen-bond acceptors (Lipinski definition) is 5. The van der Waals surface area contributed by atoms with Crippen molar-refractivity contribution in [2.75, 3.05) is 39.6 Å². The molecule has 0 rings (SSSR count). The summed E-state index contributed by atoms with van der Waals surface area (Å²) >= 11 is 0. The minimum atomic E-state index is -1.11. The molecule has 0 atom stereocenters. The van der Waals surface area contributed by atoms with E-state index in [0.717, 1.165) is 0 Å². The molecular weight excluding hydrogens is 218 g/mol. The summed E-state index contributed by atoms with van der Waals surface area (Å²) in [5.74, 6) is -1.46. The number of carboxylic acid groups (broad SMARTS) is 1. The van der Waals surface area contributed by atoms with Gasteiger partial charge < -0.3 is 25.0 Å². The Morgan fingerprint density at radius 1 is 1.12 bits per heavy atom.